The van der Waals surface area contributed by atoms with Gasteiger partial charge in [-0.25, -0.2) is 0 Å². The largest absolute Gasteiger partial charge is 0.378 e. The summed E-state index contributed by atoms with van der Waals surface area (Å²) in [6, 6.07) is 16.8. The summed E-state index contributed by atoms with van der Waals surface area (Å²) in [5.41, 5.74) is 3.63. The maximum Gasteiger partial charge on any atom is 0.0453 e. The number of rotatable bonds is 5. The third kappa shape index (κ3) is 3.75. The number of hydrogen-bond acceptors (Lipinski definition) is 2. The number of hydrogen-bond donors (Lipinski definition) is 1. The van der Waals surface area contributed by atoms with Crippen LogP contribution in [0.5, 0.6) is 0 Å². The van der Waals surface area contributed by atoms with E-state index in [0.717, 1.165) is 17.1 Å². The van der Waals surface area contributed by atoms with Crippen LogP contribution in [0.2, 0.25) is 5.02 Å². The lowest BCUT2D eigenvalue weighted by molar-refractivity contribution is 0.575. The molecule has 0 heterocycles. The quantitative estimate of drug-likeness (QED) is 0.884. The first-order valence-electron chi connectivity index (χ1n) is 6.82. The van der Waals surface area contributed by atoms with E-state index in [-0.39, 0.29) is 6.04 Å². The molecule has 0 bridgehead atoms. The van der Waals surface area contributed by atoms with Crippen LogP contribution in [-0.4, -0.2) is 14.1 Å². The molecule has 20 heavy (non-hydrogen) atoms. The van der Waals surface area contributed by atoms with Gasteiger partial charge in [0.2, 0.25) is 0 Å². The van der Waals surface area contributed by atoms with Gasteiger partial charge in [0.05, 0.1) is 0 Å². The van der Waals surface area contributed by atoms with Crippen LogP contribution < -0.4 is 10.2 Å². The Labute approximate surface area is 126 Å². The maximum absolute atomic E-state index is 6.21. The first-order chi connectivity index (χ1) is 9.58. The minimum atomic E-state index is 0.234. The van der Waals surface area contributed by atoms with Crippen LogP contribution in [0.3, 0.4) is 0 Å². The number of nitrogens with one attached hydrogen (secondary N) is 1. The number of benzene rings is 2. The molecule has 0 aliphatic rings. The molecule has 0 saturated carbocycles. The SMILES string of the molecule is C[C@@H](NCc1ccc(N(C)C)cc1)c1ccccc1Cl. The molecule has 2 aromatic rings. The van der Waals surface area contributed by atoms with Crippen molar-refractivity contribution in [2.75, 3.05) is 19.0 Å². The Morgan fingerprint density at radius 1 is 1.05 bits per heavy atom. The highest BCUT2D eigenvalue weighted by atomic mass is 35.5. The number of nitrogens with zero attached hydrogens (tertiary/aromatic N) is 1. The summed E-state index contributed by atoms with van der Waals surface area (Å²) < 4.78 is 0. The molecule has 0 aliphatic carbocycles. The standard InChI is InChI=1S/C17H21ClN2/c1-13(16-6-4-5-7-17(16)18)19-12-14-8-10-15(11-9-14)20(2)3/h4-11,13,19H,12H2,1-3H3/t13-/m1/s1. The first kappa shape index (κ1) is 14.9. The number of halogens is 1. The Bertz CT molecular complexity index is 549. The molecule has 0 fully saturated rings. The van der Waals surface area contributed by atoms with Gasteiger partial charge >= 0.3 is 0 Å². The minimum Gasteiger partial charge on any atom is -0.378 e. The van der Waals surface area contributed by atoms with Crippen molar-refractivity contribution >= 4 is 17.3 Å². The van der Waals surface area contributed by atoms with Crippen molar-refractivity contribution in [1.29, 1.82) is 0 Å². The Hall–Kier alpha value is -1.51. The minimum absolute atomic E-state index is 0.234. The summed E-state index contributed by atoms with van der Waals surface area (Å²) in [6.45, 7) is 2.97. The van der Waals surface area contributed by atoms with Crippen LogP contribution in [0, 0.1) is 0 Å². The van der Waals surface area contributed by atoms with E-state index in [0.29, 0.717) is 0 Å². The monoisotopic (exact) mass is 288 g/mol. The molecule has 3 heteroatoms. The summed E-state index contributed by atoms with van der Waals surface area (Å²) in [6.07, 6.45) is 0. The Balaban J connectivity index is 1.96. The summed E-state index contributed by atoms with van der Waals surface area (Å²) >= 11 is 6.21. The van der Waals surface area contributed by atoms with E-state index in [2.05, 4.69) is 47.5 Å². The second-order valence-electron chi connectivity index (χ2n) is 5.18. The van der Waals surface area contributed by atoms with E-state index in [1.807, 2.05) is 32.3 Å². The number of anilines is 1. The average Bonchev–Trinajstić information content (AvgIpc) is 2.45. The molecule has 2 nitrogen and oxygen atoms in total. The van der Waals surface area contributed by atoms with E-state index < -0.39 is 0 Å². The van der Waals surface area contributed by atoms with E-state index in [9.17, 15) is 0 Å². The van der Waals surface area contributed by atoms with Crippen LogP contribution in [-0.2, 0) is 6.54 Å². The van der Waals surface area contributed by atoms with E-state index >= 15 is 0 Å². The van der Waals surface area contributed by atoms with Crippen LogP contribution in [0.25, 0.3) is 0 Å². The maximum atomic E-state index is 6.21. The van der Waals surface area contributed by atoms with Gasteiger partial charge < -0.3 is 10.2 Å². The van der Waals surface area contributed by atoms with Gasteiger partial charge in [-0.15, -0.1) is 0 Å². The van der Waals surface area contributed by atoms with Crippen LogP contribution in [0.15, 0.2) is 48.5 Å². The molecular formula is C17H21ClN2. The zero-order valence-corrected chi connectivity index (χ0v) is 13.0. The highest BCUT2D eigenvalue weighted by Gasteiger charge is 2.08. The van der Waals surface area contributed by atoms with Crippen molar-refractivity contribution in [3.63, 3.8) is 0 Å². The molecule has 0 unspecified atom stereocenters. The topological polar surface area (TPSA) is 15.3 Å². The van der Waals surface area contributed by atoms with Gasteiger partial charge in [-0.2, -0.15) is 0 Å². The van der Waals surface area contributed by atoms with Crippen molar-refractivity contribution in [1.82, 2.24) is 5.32 Å². The average molecular weight is 289 g/mol. The Morgan fingerprint density at radius 3 is 2.30 bits per heavy atom. The van der Waals surface area contributed by atoms with Crippen molar-refractivity contribution < 1.29 is 0 Å². The first-order valence-corrected chi connectivity index (χ1v) is 7.20. The molecule has 0 aromatic heterocycles. The predicted molar refractivity (Wildman–Crippen MR) is 87.5 cm³/mol. The summed E-state index contributed by atoms with van der Waals surface area (Å²) in [4.78, 5) is 2.10. The lowest BCUT2D eigenvalue weighted by atomic mass is 10.1. The highest BCUT2D eigenvalue weighted by molar-refractivity contribution is 6.31. The molecule has 1 atom stereocenters. The smallest absolute Gasteiger partial charge is 0.0453 e. The van der Waals surface area contributed by atoms with Gasteiger partial charge in [0, 0.05) is 37.4 Å². The third-order valence-corrected chi connectivity index (χ3v) is 3.78. The van der Waals surface area contributed by atoms with E-state index in [4.69, 9.17) is 11.6 Å². The van der Waals surface area contributed by atoms with Crippen molar-refractivity contribution in [2.45, 2.75) is 19.5 Å². The van der Waals surface area contributed by atoms with Crippen molar-refractivity contribution in [3.8, 4) is 0 Å². The van der Waals surface area contributed by atoms with Crippen molar-refractivity contribution in [3.05, 3.63) is 64.7 Å². The molecule has 1 N–H and O–H groups in total. The molecule has 0 saturated heterocycles. The summed E-state index contributed by atoms with van der Waals surface area (Å²) in [5.74, 6) is 0. The molecule has 0 amide bonds. The van der Waals surface area contributed by atoms with E-state index in [1.54, 1.807) is 0 Å². The van der Waals surface area contributed by atoms with Crippen LogP contribution >= 0.6 is 11.6 Å². The molecule has 106 valence electrons. The molecule has 0 aliphatic heterocycles. The summed E-state index contributed by atoms with van der Waals surface area (Å²) in [5, 5.41) is 4.32. The fourth-order valence-corrected chi connectivity index (χ4v) is 2.42. The van der Waals surface area contributed by atoms with Crippen molar-refractivity contribution in [2.24, 2.45) is 0 Å². The van der Waals surface area contributed by atoms with Gasteiger partial charge in [0.15, 0.2) is 0 Å². The van der Waals surface area contributed by atoms with Gasteiger partial charge in [0.1, 0.15) is 0 Å². The van der Waals surface area contributed by atoms with Crippen LogP contribution in [0.1, 0.15) is 24.1 Å². The van der Waals surface area contributed by atoms with Gasteiger partial charge in [0.25, 0.3) is 0 Å². The molecular weight excluding hydrogens is 268 g/mol. The zero-order valence-electron chi connectivity index (χ0n) is 12.2. The van der Waals surface area contributed by atoms with E-state index in [1.165, 1.54) is 11.3 Å². The lowest BCUT2D eigenvalue weighted by Crippen LogP contribution is -2.18. The zero-order chi connectivity index (χ0) is 14.5. The Morgan fingerprint density at radius 2 is 1.70 bits per heavy atom. The van der Waals surface area contributed by atoms with Gasteiger partial charge in [-0.3, -0.25) is 0 Å². The third-order valence-electron chi connectivity index (χ3n) is 3.44. The predicted octanol–water partition coefficient (Wildman–Crippen LogP) is 4.26. The Kier molecular flexibility index (Phi) is 5.05. The van der Waals surface area contributed by atoms with Gasteiger partial charge in [-0.1, -0.05) is 41.9 Å². The van der Waals surface area contributed by atoms with Gasteiger partial charge in [-0.05, 0) is 36.2 Å². The molecule has 0 radical (unpaired) electrons. The second kappa shape index (κ2) is 6.78. The fourth-order valence-electron chi connectivity index (χ4n) is 2.12. The molecule has 0 spiro atoms. The second-order valence-corrected chi connectivity index (χ2v) is 5.59. The summed E-state index contributed by atoms with van der Waals surface area (Å²) in [7, 11) is 4.10. The highest BCUT2D eigenvalue weighted by Crippen LogP contribution is 2.22. The van der Waals surface area contributed by atoms with Crippen LogP contribution in [0.4, 0.5) is 5.69 Å². The molecule has 2 aromatic carbocycles. The lowest BCUT2D eigenvalue weighted by Gasteiger charge is -2.16. The molecule has 2 rings (SSSR count). The normalized spacial score (nSPS) is 12.2. The fraction of sp³-hybridized carbons (Fsp3) is 0.294.